The van der Waals surface area contributed by atoms with E-state index in [-0.39, 0.29) is 5.56 Å². The third-order valence-corrected chi connectivity index (χ3v) is 4.13. The molecule has 4 rings (SSSR count). The number of aromatic nitrogens is 2. The van der Waals surface area contributed by atoms with Gasteiger partial charge in [0.25, 0.3) is 0 Å². The molecule has 0 saturated carbocycles. The summed E-state index contributed by atoms with van der Waals surface area (Å²) in [6.45, 7) is 0. The summed E-state index contributed by atoms with van der Waals surface area (Å²) in [7, 11) is 1.92. The molecule has 0 saturated heterocycles. The number of carboxylic acid groups (broad SMARTS) is 1. The van der Waals surface area contributed by atoms with Crippen molar-refractivity contribution in [1.29, 1.82) is 0 Å². The number of carbonyl (C=O) groups is 1. The van der Waals surface area contributed by atoms with Gasteiger partial charge < -0.3 is 9.67 Å². The highest BCUT2D eigenvalue weighted by atomic mass is 16.4. The van der Waals surface area contributed by atoms with Gasteiger partial charge in [-0.1, -0.05) is 30.3 Å². The van der Waals surface area contributed by atoms with Gasteiger partial charge in [0.15, 0.2) is 0 Å². The van der Waals surface area contributed by atoms with Crippen LogP contribution < -0.4 is 0 Å². The van der Waals surface area contributed by atoms with Crippen molar-refractivity contribution in [2.24, 2.45) is 7.05 Å². The van der Waals surface area contributed by atoms with E-state index in [1.165, 1.54) is 0 Å². The summed E-state index contributed by atoms with van der Waals surface area (Å²) in [5.41, 5.74) is 2.53. The van der Waals surface area contributed by atoms with Crippen LogP contribution in [-0.4, -0.2) is 20.6 Å². The molecule has 0 aliphatic heterocycles. The van der Waals surface area contributed by atoms with Crippen LogP contribution in [0.1, 0.15) is 10.4 Å². The molecule has 0 spiro atoms. The van der Waals surface area contributed by atoms with Gasteiger partial charge in [-0.25, -0.2) is 9.78 Å². The van der Waals surface area contributed by atoms with Gasteiger partial charge in [-0.05, 0) is 35.0 Å². The van der Waals surface area contributed by atoms with Crippen molar-refractivity contribution in [3.8, 4) is 11.4 Å². The number of aryl methyl sites for hydroxylation is 1. The fourth-order valence-electron chi connectivity index (χ4n) is 3.03. The Balaban J connectivity index is 2.14. The Labute approximate surface area is 132 Å². The van der Waals surface area contributed by atoms with E-state index in [1.54, 1.807) is 6.07 Å². The summed E-state index contributed by atoms with van der Waals surface area (Å²) < 4.78 is 1.93. The molecule has 112 valence electrons. The summed E-state index contributed by atoms with van der Waals surface area (Å²) in [6, 6.07) is 17.1. The van der Waals surface area contributed by atoms with Crippen molar-refractivity contribution in [3.05, 3.63) is 66.4 Å². The lowest BCUT2D eigenvalue weighted by Crippen LogP contribution is -2.02. The lowest BCUT2D eigenvalue weighted by Gasteiger charge is -2.10. The molecule has 4 nitrogen and oxygen atoms in total. The number of fused-ring (bicyclic) bond motifs is 3. The molecular weight excluding hydrogens is 288 g/mol. The first-order chi connectivity index (χ1) is 11.1. The molecule has 0 aliphatic carbocycles. The number of hydrogen-bond acceptors (Lipinski definition) is 2. The number of carboxylic acids is 1. The van der Waals surface area contributed by atoms with E-state index in [1.807, 2.05) is 66.3 Å². The van der Waals surface area contributed by atoms with Gasteiger partial charge in [-0.15, -0.1) is 0 Å². The lowest BCUT2D eigenvalue weighted by molar-refractivity contribution is 0.0699. The maximum Gasteiger partial charge on any atom is 0.336 e. The number of aromatic carboxylic acids is 1. The Bertz CT molecular complexity index is 1060. The maximum absolute atomic E-state index is 11.8. The third-order valence-electron chi connectivity index (χ3n) is 4.13. The number of rotatable bonds is 2. The fraction of sp³-hybridized carbons (Fsp3) is 0.0526. The minimum Gasteiger partial charge on any atom is -0.478 e. The van der Waals surface area contributed by atoms with Crippen molar-refractivity contribution < 1.29 is 9.90 Å². The molecule has 0 fully saturated rings. The molecule has 0 bridgehead atoms. The molecule has 0 atom stereocenters. The highest BCUT2D eigenvalue weighted by Crippen LogP contribution is 2.30. The van der Waals surface area contributed by atoms with E-state index >= 15 is 0 Å². The first kappa shape index (κ1) is 13.5. The predicted octanol–water partition coefficient (Wildman–Crippen LogP) is 4.09. The second-order valence-corrected chi connectivity index (χ2v) is 5.55. The lowest BCUT2D eigenvalue weighted by atomic mass is 9.99. The molecule has 23 heavy (non-hydrogen) atoms. The standard InChI is InChI=1S/C19H14N2O2/c1-21-10-4-7-17(21)16-11-14(19(22)23)18-13-6-3-2-5-12(13)8-9-15(18)20-16/h2-11H,1H3,(H,22,23). The molecule has 4 aromatic rings. The predicted molar refractivity (Wildman–Crippen MR) is 90.6 cm³/mol. The Morgan fingerprint density at radius 3 is 2.65 bits per heavy atom. The highest BCUT2D eigenvalue weighted by molar-refractivity contribution is 6.15. The van der Waals surface area contributed by atoms with Gasteiger partial charge in [0, 0.05) is 18.6 Å². The minimum absolute atomic E-state index is 0.281. The highest BCUT2D eigenvalue weighted by Gasteiger charge is 2.16. The molecular formula is C19H14N2O2. The Morgan fingerprint density at radius 2 is 1.91 bits per heavy atom. The first-order valence-electron chi connectivity index (χ1n) is 7.32. The van der Waals surface area contributed by atoms with Crippen molar-refractivity contribution in [2.75, 3.05) is 0 Å². The van der Waals surface area contributed by atoms with E-state index in [4.69, 9.17) is 0 Å². The van der Waals surface area contributed by atoms with Crippen LogP contribution >= 0.6 is 0 Å². The van der Waals surface area contributed by atoms with Gasteiger partial charge in [-0.2, -0.15) is 0 Å². The zero-order valence-electron chi connectivity index (χ0n) is 12.5. The van der Waals surface area contributed by atoms with Gasteiger partial charge in [0.2, 0.25) is 0 Å². The van der Waals surface area contributed by atoms with E-state index < -0.39 is 5.97 Å². The van der Waals surface area contributed by atoms with Crippen LogP contribution in [0.5, 0.6) is 0 Å². The minimum atomic E-state index is -0.941. The van der Waals surface area contributed by atoms with Crippen LogP contribution in [0.3, 0.4) is 0 Å². The van der Waals surface area contributed by atoms with Crippen molar-refractivity contribution in [2.45, 2.75) is 0 Å². The number of hydrogen-bond donors (Lipinski definition) is 1. The molecule has 2 aromatic carbocycles. The van der Waals surface area contributed by atoms with Gasteiger partial charge in [0.05, 0.1) is 22.5 Å². The smallest absolute Gasteiger partial charge is 0.336 e. The summed E-state index contributed by atoms with van der Waals surface area (Å²) in [6.07, 6.45) is 1.92. The van der Waals surface area contributed by atoms with Crippen LogP contribution in [0.25, 0.3) is 33.1 Å². The summed E-state index contributed by atoms with van der Waals surface area (Å²) in [5.74, 6) is -0.941. The number of benzene rings is 2. The third kappa shape index (κ3) is 2.07. The van der Waals surface area contributed by atoms with E-state index in [9.17, 15) is 9.90 Å². The Morgan fingerprint density at radius 1 is 1.09 bits per heavy atom. The van der Waals surface area contributed by atoms with Gasteiger partial charge in [0.1, 0.15) is 0 Å². The van der Waals surface area contributed by atoms with Crippen LogP contribution in [0, 0.1) is 0 Å². The maximum atomic E-state index is 11.8. The molecule has 2 heterocycles. The zero-order valence-corrected chi connectivity index (χ0v) is 12.5. The second-order valence-electron chi connectivity index (χ2n) is 5.55. The van der Waals surface area contributed by atoms with Gasteiger partial charge >= 0.3 is 5.97 Å². The summed E-state index contributed by atoms with van der Waals surface area (Å²) in [4.78, 5) is 16.5. The number of nitrogens with zero attached hydrogens (tertiary/aromatic N) is 2. The van der Waals surface area contributed by atoms with E-state index in [2.05, 4.69) is 4.98 Å². The van der Waals surface area contributed by atoms with Crippen molar-refractivity contribution in [3.63, 3.8) is 0 Å². The fourth-order valence-corrected chi connectivity index (χ4v) is 3.03. The average Bonchev–Trinajstić information content (AvgIpc) is 2.99. The average molecular weight is 302 g/mol. The van der Waals surface area contributed by atoms with E-state index in [0.29, 0.717) is 16.6 Å². The molecule has 0 radical (unpaired) electrons. The SMILES string of the molecule is Cn1cccc1-c1cc(C(=O)O)c2c(ccc3ccccc32)n1. The molecule has 4 heteroatoms. The molecule has 1 N–H and O–H groups in total. The summed E-state index contributed by atoms with van der Waals surface area (Å²) >= 11 is 0. The zero-order chi connectivity index (χ0) is 16.0. The summed E-state index contributed by atoms with van der Waals surface area (Å²) in [5, 5.41) is 12.3. The molecule has 2 aromatic heterocycles. The van der Waals surface area contributed by atoms with Crippen molar-refractivity contribution in [1.82, 2.24) is 9.55 Å². The topological polar surface area (TPSA) is 55.1 Å². The largest absolute Gasteiger partial charge is 0.478 e. The van der Waals surface area contributed by atoms with E-state index in [0.717, 1.165) is 16.5 Å². The quantitative estimate of drug-likeness (QED) is 0.567. The van der Waals surface area contributed by atoms with Crippen LogP contribution in [0.15, 0.2) is 60.8 Å². The Hall–Kier alpha value is -3.14. The van der Waals surface area contributed by atoms with Crippen LogP contribution in [0.4, 0.5) is 0 Å². The van der Waals surface area contributed by atoms with Gasteiger partial charge in [-0.3, -0.25) is 0 Å². The van der Waals surface area contributed by atoms with Crippen LogP contribution in [-0.2, 0) is 7.05 Å². The number of pyridine rings is 1. The molecule has 0 unspecified atom stereocenters. The molecule has 0 amide bonds. The van der Waals surface area contributed by atoms with Crippen molar-refractivity contribution >= 4 is 27.6 Å². The Kier molecular flexibility index (Phi) is 2.91. The second kappa shape index (κ2) is 4.95. The molecule has 0 aliphatic rings. The first-order valence-corrected chi connectivity index (χ1v) is 7.32. The normalized spacial score (nSPS) is 11.2. The monoisotopic (exact) mass is 302 g/mol. The van der Waals surface area contributed by atoms with Crippen LogP contribution in [0.2, 0.25) is 0 Å².